The van der Waals surface area contributed by atoms with Gasteiger partial charge < -0.3 is 10.2 Å². The van der Waals surface area contributed by atoms with Crippen LogP contribution in [-0.4, -0.2) is 39.9 Å². The zero-order valence-corrected chi connectivity index (χ0v) is 13.6. The minimum absolute atomic E-state index is 0.283. The quantitative estimate of drug-likeness (QED) is 0.929. The van der Waals surface area contributed by atoms with Gasteiger partial charge in [-0.15, -0.1) is 0 Å². The first-order chi connectivity index (χ1) is 10.6. The number of carbonyl (C=O) groups is 1. The molecule has 5 heteroatoms. The topological polar surface area (TPSA) is 58.1 Å². The van der Waals surface area contributed by atoms with Gasteiger partial charge >= 0.3 is 0 Å². The van der Waals surface area contributed by atoms with Crippen LogP contribution in [0.1, 0.15) is 57.7 Å². The summed E-state index contributed by atoms with van der Waals surface area (Å²) in [5.41, 5.74) is 0. The molecule has 1 atom stereocenters. The Morgan fingerprint density at radius 2 is 2.09 bits per heavy atom. The third kappa shape index (κ3) is 3.39. The summed E-state index contributed by atoms with van der Waals surface area (Å²) in [5.74, 6) is 2.71. The van der Waals surface area contributed by atoms with Crippen molar-refractivity contribution in [2.75, 3.05) is 18.4 Å². The molecule has 2 fully saturated rings. The summed E-state index contributed by atoms with van der Waals surface area (Å²) in [6.07, 6.45) is 7.39. The number of anilines is 1. The van der Waals surface area contributed by atoms with E-state index in [9.17, 15) is 4.79 Å². The number of nitrogens with one attached hydrogen (secondary N) is 1. The van der Waals surface area contributed by atoms with Crippen molar-refractivity contribution in [2.45, 2.75) is 57.9 Å². The Morgan fingerprint density at radius 1 is 1.32 bits per heavy atom. The first-order valence-electron chi connectivity index (χ1n) is 8.51. The van der Waals surface area contributed by atoms with Gasteiger partial charge in [-0.1, -0.05) is 26.7 Å². The molecule has 1 aromatic rings. The summed E-state index contributed by atoms with van der Waals surface area (Å²) in [4.78, 5) is 23.4. The van der Waals surface area contributed by atoms with E-state index in [1.165, 1.54) is 12.8 Å². The number of aromatic nitrogens is 2. The third-order valence-electron chi connectivity index (χ3n) is 4.75. The second kappa shape index (κ2) is 6.63. The van der Waals surface area contributed by atoms with Gasteiger partial charge in [0.15, 0.2) is 0 Å². The molecule has 1 saturated heterocycles. The normalized spacial score (nSPS) is 22.5. The summed E-state index contributed by atoms with van der Waals surface area (Å²) in [6, 6.07) is 2.22. The number of nitrogens with zero attached hydrogens (tertiary/aromatic N) is 3. The van der Waals surface area contributed by atoms with E-state index in [1.807, 2.05) is 11.0 Å². The minimum atomic E-state index is 0.283. The van der Waals surface area contributed by atoms with Crippen molar-refractivity contribution in [1.82, 2.24) is 14.9 Å². The molecule has 0 bridgehead atoms. The lowest BCUT2D eigenvalue weighted by molar-refractivity contribution is -0.134. The minimum Gasteiger partial charge on any atom is -0.365 e. The van der Waals surface area contributed by atoms with Gasteiger partial charge in [-0.05, 0) is 25.3 Å². The second-order valence-electron chi connectivity index (χ2n) is 6.85. The molecular formula is C17H26N4O. The van der Waals surface area contributed by atoms with Crippen LogP contribution in [0.2, 0.25) is 0 Å². The Hall–Kier alpha value is -1.65. The molecule has 1 aromatic heterocycles. The molecule has 1 N–H and O–H groups in total. The van der Waals surface area contributed by atoms with E-state index in [0.717, 1.165) is 44.0 Å². The predicted octanol–water partition coefficient (Wildman–Crippen LogP) is 2.80. The van der Waals surface area contributed by atoms with Gasteiger partial charge in [-0.25, -0.2) is 9.97 Å². The average molecular weight is 302 g/mol. The van der Waals surface area contributed by atoms with Crippen LogP contribution in [0.4, 0.5) is 5.82 Å². The van der Waals surface area contributed by atoms with Crippen molar-refractivity contribution in [3.63, 3.8) is 0 Å². The first kappa shape index (κ1) is 15.3. The maximum absolute atomic E-state index is 12.5. The van der Waals surface area contributed by atoms with Crippen LogP contribution >= 0.6 is 0 Å². The molecule has 2 heterocycles. The molecule has 1 aliphatic carbocycles. The number of hydrogen-bond donors (Lipinski definition) is 1. The zero-order valence-electron chi connectivity index (χ0n) is 13.6. The molecular weight excluding hydrogens is 276 g/mol. The second-order valence-corrected chi connectivity index (χ2v) is 6.85. The van der Waals surface area contributed by atoms with E-state index in [0.29, 0.717) is 17.9 Å². The lowest BCUT2D eigenvalue weighted by Crippen LogP contribution is -2.35. The van der Waals surface area contributed by atoms with E-state index >= 15 is 0 Å². The Labute approximate surface area is 132 Å². The Bertz CT molecular complexity index is 525. The van der Waals surface area contributed by atoms with Crippen LogP contribution < -0.4 is 5.32 Å². The van der Waals surface area contributed by atoms with Gasteiger partial charge in [0.2, 0.25) is 5.91 Å². The largest absolute Gasteiger partial charge is 0.365 e. The molecule has 0 aromatic carbocycles. The Morgan fingerprint density at radius 3 is 2.82 bits per heavy atom. The highest BCUT2D eigenvalue weighted by molar-refractivity contribution is 5.79. The van der Waals surface area contributed by atoms with Crippen molar-refractivity contribution >= 4 is 11.7 Å². The number of rotatable bonds is 4. The summed E-state index contributed by atoms with van der Waals surface area (Å²) < 4.78 is 0. The van der Waals surface area contributed by atoms with Crippen LogP contribution in [-0.2, 0) is 4.79 Å². The van der Waals surface area contributed by atoms with Crippen molar-refractivity contribution < 1.29 is 4.79 Å². The molecule has 120 valence electrons. The zero-order chi connectivity index (χ0) is 15.5. The lowest BCUT2D eigenvalue weighted by Gasteiger charge is -2.21. The Balaban J connectivity index is 1.56. The van der Waals surface area contributed by atoms with Crippen LogP contribution in [0.25, 0.3) is 0 Å². The number of amides is 1. The third-order valence-corrected chi connectivity index (χ3v) is 4.75. The summed E-state index contributed by atoms with van der Waals surface area (Å²) in [7, 11) is 0. The summed E-state index contributed by atoms with van der Waals surface area (Å²) >= 11 is 0. The molecule has 3 rings (SSSR count). The van der Waals surface area contributed by atoms with Gasteiger partial charge in [0.25, 0.3) is 0 Å². The van der Waals surface area contributed by atoms with E-state index in [1.54, 1.807) is 6.20 Å². The molecule has 1 unspecified atom stereocenters. The fraction of sp³-hybridized carbons (Fsp3) is 0.706. The van der Waals surface area contributed by atoms with Gasteiger partial charge in [0.05, 0.1) is 0 Å². The molecule has 1 saturated carbocycles. The fourth-order valence-corrected chi connectivity index (χ4v) is 3.45. The van der Waals surface area contributed by atoms with Crippen LogP contribution in [0.5, 0.6) is 0 Å². The molecule has 2 aliphatic rings. The maximum Gasteiger partial charge on any atom is 0.225 e. The SMILES string of the molecule is CC(C)c1nccc(NC2CCN(C(=O)C3CCCC3)C2)n1. The van der Waals surface area contributed by atoms with Gasteiger partial charge in [0, 0.05) is 37.2 Å². The van der Waals surface area contributed by atoms with Crippen molar-refractivity contribution in [2.24, 2.45) is 5.92 Å². The van der Waals surface area contributed by atoms with Crippen LogP contribution in [0.3, 0.4) is 0 Å². The number of likely N-dealkylation sites (tertiary alicyclic amines) is 1. The van der Waals surface area contributed by atoms with Gasteiger partial charge in [-0.2, -0.15) is 0 Å². The molecule has 0 spiro atoms. The molecule has 1 aliphatic heterocycles. The number of carbonyl (C=O) groups excluding carboxylic acids is 1. The monoisotopic (exact) mass is 302 g/mol. The summed E-state index contributed by atoms with van der Waals surface area (Å²) in [5, 5.41) is 3.47. The Kier molecular flexibility index (Phi) is 4.60. The van der Waals surface area contributed by atoms with Crippen molar-refractivity contribution in [3.8, 4) is 0 Å². The highest BCUT2D eigenvalue weighted by Gasteiger charge is 2.32. The first-order valence-corrected chi connectivity index (χ1v) is 8.51. The van der Waals surface area contributed by atoms with Crippen molar-refractivity contribution in [3.05, 3.63) is 18.1 Å². The highest BCUT2D eigenvalue weighted by atomic mass is 16.2. The fourth-order valence-electron chi connectivity index (χ4n) is 3.45. The highest BCUT2D eigenvalue weighted by Crippen LogP contribution is 2.28. The van der Waals surface area contributed by atoms with E-state index < -0.39 is 0 Å². The van der Waals surface area contributed by atoms with Gasteiger partial charge in [-0.3, -0.25) is 4.79 Å². The van der Waals surface area contributed by atoms with Crippen LogP contribution in [0, 0.1) is 5.92 Å². The molecule has 0 radical (unpaired) electrons. The van der Waals surface area contributed by atoms with E-state index in [2.05, 4.69) is 29.1 Å². The summed E-state index contributed by atoms with van der Waals surface area (Å²) in [6.45, 7) is 5.86. The van der Waals surface area contributed by atoms with Crippen LogP contribution in [0.15, 0.2) is 12.3 Å². The standard InChI is InChI=1S/C17H26N4O/c1-12(2)16-18-9-7-15(20-16)19-14-8-10-21(11-14)17(22)13-5-3-4-6-13/h7,9,12-14H,3-6,8,10-11H2,1-2H3,(H,18,19,20). The number of hydrogen-bond acceptors (Lipinski definition) is 4. The average Bonchev–Trinajstić information content (AvgIpc) is 3.18. The molecule has 22 heavy (non-hydrogen) atoms. The maximum atomic E-state index is 12.5. The molecule has 5 nitrogen and oxygen atoms in total. The van der Waals surface area contributed by atoms with Gasteiger partial charge in [0.1, 0.15) is 11.6 Å². The smallest absolute Gasteiger partial charge is 0.225 e. The lowest BCUT2D eigenvalue weighted by atomic mass is 10.1. The predicted molar refractivity (Wildman–Crippen MR) is 86.7 cm³/mol. The van der Waals surface area contributed by atoms with E-state index in [-0.39, 0.29) is 5.92 Å². The van der Waals surface area contributed by atoms with Crippen molar-refractivity contribution in [1.29, 1.82) is 0 Å². The molecule has 1 amide bonds. The van der Waals surface area contributed by atoms with E-state index in [4.69, 9.17) is 0 Å².